The molecule has 0 atom stereocenters. The second kappa shape index (κ2) is 35.8. The highest BCUT2D eigenvalue weighted by Crippen LogP contribution is 2.31. The maximum Gasteiger partial charge on any atom is 0.337 e. The second-order valence-corrected chi connectivity index (χ2v) is 15.1. The van der Waals surface area contributed by atoms with Crippen LogP contribution in [0.5, 0.6) is 46.0 Å². The fraction of sp³-hybridized carbons (Fsp3) is 0.246. The number of phenols is 2. The lowest BCUT2D eigenvalue weighted by Crippen LogP contribution is -2.04. The number of aromatic hydroxyl groups is 2. The third-order valence-electron chi connectivity index (χ3n) is 9.51. The van der Waals surface area contributed by atoms with Crippen LogP contribution in [-0.4, -0.2) is 119 Å². The molecule has 0 amide bonds. The summed E-state index contributed by atoms with van der Waals surface area (Å²) in [6.07, 6.45) is 9.30. The lowest BCUT2D eigenvalue weighted by Gasteiger charge is -2.12. The summed E-state index contributed by atoms with van der Waals surface area (Å²) >= 11 is 0. The van der Waals surface area contributed by atoms with Crippen LogP contribution in [0, 0.1) is 6.92 Å². The average Bonchev–Trinajstić information content (AvgIpc) is 3.44. The van der Waals surface area contributed by atoms with Gasteiger partial charge < -0.3 is 71.8 Å². The number of aldehydes is 2. The van der Waals surface area contributed by atoms with Crippen molar-refractivity contribution >= 4 is 42.8 Å². The third-order valence-corrected chi connectivity index (χ3v) is 9.51. The van der Waals surface area contributed by atoms with Gasteiger partial charge in [0.25, 0.3) is 0 Å². The number of benzene rings is 6. The molecule has 6 aromatic rings. The van der Waals surface area contributed by atoms with Crippen molar-refractivity contribution in [3.63, 3.8) is 0 Å². The SMILES string of the molecule is COCOc1ccc(/C=C/c2ccc(C(=O)OC)cc2)cc1OCOC.COCOc1ccc(/C=C/c2ccc(C)cc2)cc1OCOC.COCOc1ccc(C=O)cc1OCOC.O=Cc1ccc(O)c(O)c1. The summed E-state index contributed by atoms with van der Waals surface area (Å²) in [5.74, 6) is 2.48. The van der Waals surface area contributed by atoms with Crippen LogP contribution in [0.3, 0.4) is 0 Å². The Bertz CT molecular complexity index is 2670. The van der Waals surface area contributed by atoms with E-state index in [-0.39, 0.29) is 58.2 Å². The zero-order chi connectivity index (χ0) is 54.6. The Morgan fingerprint density at radius 3 is 1.04 bits per heavy atom. The van der Waals surface area contributed by atoms with Crippen LogP contribution in [0.15, 0.2) is 121 Å². The lowest BCUT2D eigenvalue weighted by molar-refractivity contribution is 0.0322. The Kier molecular flexibility index (Phi) is 29.2. The van der Waals surface area contributed by atoms with Gasteiger partial charge in [-0.25, -0.2) is 4.79 Å². The first-order valence-corrected chi connectivity index (χ1v) is 22.6. The first-order valence-electron chi connectivity index (χ1n) is 22.6. The molecule has 0 aliphatic rings. The van der Waals surface area contributed by atoms with E-state index in [2.05, 4.69) is 42.0 Å². The smallest absolute Gasteiger partial charge is 0.337 e. The van der Waals surface area contributed by atoms with Gasteiger partial charge in [-0.2, -0.15) is 0 Å². The van der Waals surface area contributed by atoms with Crippen molar-refractivity contribution in [3.8, 4) is 46.0 Å². The molecule has 0 saturated carbocycles. The Morgan fingerprint density at radius 1 is 0.373 bits per heavy atom. The van der Waals surface area contributed by atoms with Gasteiger partial charge in [0.05, 0.1) is 12.7 Å². The second-order valence-electron chi connectivity index (χ2n) is 15.1. The van der Waals surface area contributed by atoms with E-state index in [0.29, 0.717) is 57.5 Å². The number of carbonyl (C=O) groups is 3. The first kappa shape index (κ1) is 61.1. The van der Waals surface area contributed by atoms with Gasteiger partial charge in [0.15, 0.2) is 86.8 Å². The highest BCUT2D eigenvalue weighted by molar-refractivity contribution is 5.89. The van der Waals surface area contributed by atoms with E-state index in [4.69, 9.17) is 67.1 Å². The van der Waals surface area contributed by atoms with Gasteiger partial charge in [0.2, 0.25) is 0 Å². The monoisotopic (exact) mass is 1040 g/mol. The molecule has 0 heterocycles. The number of rotatable bonds is 25. The minimum atomic E-state index is -0.355. The molecule has 0 aliphatic carbocycles. The van der Waals surface area contributed by atoms with Crippen LogP contribution in [0.25, 0.3) is 24.3 Å². The molecule has 75 heavy (non-hydrogen) atoms. The summed E-state index contributed by atoms with van der Waals surface area (Å²) in [7, 11) is 10.7. The van der Waals surface area contributed by atoms with Gasteiger partial charge in [-0.15, -0.1) is 0 Å². The Balaban J connectivity index is 0.000000277. The summed E-state index contributed by atoms with van der Waals surface area (Å²) in [5.41, 5.74) is 6.66. The van der Waals surface area contributed by atoms with Crippen LogP contribution in [0.2, 0.25) is 0 Å². The van der Waals surface area contributed by atoms with E-state index >= 15 is 0 Å². The molecule has 0 saturated heterocycles. The predicted octanol–water partition coefficient (Wildman–Crippen LogP) is 10.1. The molecular formula is C57H64O18. The number of aryl methyl sites for hydroxylation is 1. The largest absolute Gasteiger partial charge is 0.504 e. The third kappa shape index (κ3) is 23.0. The van der Waals surface area contributed by atoms with E-state index in [9.17, 15) is 14.4 Å². The van der Waals surface area contributed by atoms with Crippen molar-refractivity contribution in [1.29, 1.82) is 0 Å². The number of hydrogen-bond donors (Lipinski definition) is 2. The molecule has 18 nitrogen and oxygen atoms in total. The molecule has 0 aliphatic heterocycles. The fourth-order valence-electron chi connectivity index (χ4n) is 5.81. The van der Waals surface area contributed by atoms with Gasteiger partial charge in [0.1, 0.15) is 12.6 Å². The number of carbonyl (C=O) groups excluding carboxylic acids is 3. The highest BCUT2D eigenvalue weighted by Gasteiger charge is 2.10. The number of ether oxygens (including phenoxy) is 13. The average molecular weight is 1040 g/mol. The normalized spacial score (nSPS) is 10.4. The van der Waals surface area contributed by atoms with E-state index in [1.54, 1.807) is 58.8 Å². The number of hydrogen-bond acceptors (Lipinski definition) is 18. The summed E-state index contributed by atoms with van der Waals surface area (Å²) in [4.78, 5) is 32.1. The zero-order valence-corrected chi connectivity index (χ0v) is 43.2. The summed E-state index contributed by atoms with van der Waals surface area (Å²) < 4.78 is 66.6. The van der Waals surface area contributed by atoms with Crippen LogP contribution in [0.4, 0.5) is 0 Å². The van der Waals surface area contributed by atoms with Crippen LogP contribution in [0.1, 0.15) is 58.9 Å². The topological polar surface area (TPSA) is 212 Å². The van der Waals surface area contributed by atoms with Crippen molar-refractivity contribution in [1.82, 2.24) is 0 Å². The first-order chi connectivity index (χ1) is 36.4. The molecule has 6 aromatic carbocycles. The van der Waals surface area contributed by atoms with Crippen LogP contribution in [-0.2, 0) is 33.2 Å². The number of esters is 1. The molecule has 6 rings (SSSR count). The van der Waals surface area contributed by atoms with Crippen LogP contribution >= 0.6 is 0 Å². The number of phenolic OH excluding ortho intramolecular Hbond substituents is 2. The van der Waals surface area contributed by atoms with Gasteiger partial charge in [-0.1, -0.05) is 78.4 Å². The van der Waals surface area contributed by atoms with Crippen molar-refractivity contribution in [2.75, 3.05) is 90.5 Å². The molecule has 18 heteroatoms. The van der Waals surface area contributed by atoms with Gasteiger partial charge >= 0.3 is 5.97 Å². The molecule has 0 fully saturated rings. The zero-order valence-electron chi connectivity index (χ0n) is 43.2. The van der Waals surface area contributed by atoms with Gasteiger partial charge in [-0.3, -0.25) is 9.59 Å². The molecular weight excluding hydrogens is 973 g/mol. The van der Waals surface area contributed by atoms with E-state index < -0.39 is 0 Å². The van der Waals surface area contributed by atoms with Crippen LogP contribution < -0.4 is 28.4 Å². The quantitative estimate of drug-likeness (QED) is 0.0179. The summed E-state index contributed by atoms with van der Waals surface area (Å²) in [5, 5.41) is 17.6. The Morgan fingerprint density at radius 2 is 0.680 bits per heavy atom. The molecule has 0 bridgehead atoms. The molecule has 0 spiro atoms. The van der Waals surface area contributed by atoms with Crippen molar-refractivity contribution in [3.05, 3.63) is 166 Å². The maximum atomic E-state index is 11.4. The molecule has 0 radical (unpaired) electrons. The van der Waals surface area contributed by atoms with Gasteiger partial charge in [-0.05, 0) is 102 Å². The summed E-state index contributed by atoms with van der Waals surface area (Å²) in [6.45, 7) is 2.86. The van der Waals surface area contributed by atoms with Gasteiger partial charge in [0, 0.05) is 53.8 Å². The molecule has 0 unspecified atom stereocenters. The van der Waals surface area contributed by atoms with E-state index in [1.165, 1.54) is 45.1 Å². The van der Waals surface area contributed by atoms with E-state index in [0.717, 1.165) is 28.5 Å². The molecule has 0 aromatic heterocycles. The lowest BCUT2D eigenvalue weighted by atomic mass is 10.1. The van der Waals surface area contributed by atoms with Crippen molar-refractivity contribution < 1.29 is 86.2 Å². The minimum absolute atomic E-state index is 0.0889. The van der Waals surface area contributed by atoms with Crippen molar-refractivity contribution in [2.45, 2.75) is 6.92 Å². The number of methoxy groups -OCH3 is 7. The highest BCUT2D eigenvalue weighted by atomic mass is 16.7. The minimum Gasteiger partial charge on any atom is -0.504 e. The Labute approximate surface area is 437 Å². The van der Waals surface area contributed by atoms with Crippen molar-refractivity contribution in [2.24, 2.45) is 0 Å². The standard InChI is InChI=1S/C20H22O6.C19H22O4.C11H14O5.C7H6O3/c1-22-13-25-18-11-8-16(12-19(18)26-14-23-2)5-4-15-6-9-17(10-7-15)20(21)24-3;1-15-4-6-16(7-5-15)8-9-17-10-11-18(22-13-20-2)19(12-17)23-14-21-3;1-13-7-15-10-4-3-9(6-12)5-11(10)16-8-14-2;8-4-5-1-2-6(9)7(10)3-5/h4-12H,13-14H2,1-3H3;4-12H,13-14H2,1-3H3;3-6H,7-8H2,1-2H3;1-4,9-10H/b5-4+;9-8+;;. The maximum absolute atomic E-state index is 11.4. The van der Waals surface area contributed by atoms with E-state index in [1.807, 2.05) is 66.8 Å². The predicted molar refractivity (Wildman–Crippen MR) is 282 cm³/mol. The molecule has 400 valence electrons. The Hall–Kier alpha value is -8.23. The summed E-state index contributed by atoms with van der Waals surface area (Å²) in [6, 6.07) is 35.5. The molecule has 2 N–H and O–H groups in total. The fourth-order valence-corrected chi connectivity index (χ4v) is 5.81.